The molecule has 2 aromatic carbocycles. The quantitative estimate of drug-likeness (QED) is 0.446. The van der Waals surface area contributed by atoms with Crippen LogP contribution in [0.25, 0.3) is 0 Å². The Bertz CT molecular complexity index is 1200. The molecule has 184 valence electrons. The number of rotatable bonds is 6. The Morgan fingerprint density at radius 1 is 1.11 bits per heavy atom. The molecule has 2 amide bonds. The molecule has 0 spiro atoms. The molecular weight excluding hydrogens is 463 g/mol. The first-order valence-corrected chi connectivity index (χ1v) is 12.6. The van der Waals surface area contributed by atoms with Gasteiger partial charge < -0.3 is 14.5 Å². The number of thiophene rings is 1. The van der Waals surface area contributed by atoms with E-state index < -0.39 is 17.3 Å². The highest BCUT2D eigenvalue weighted by molar-refractivity contribution is 7.10. The van der Waals surface area contributed by atoms with Gasteiger partial charge in [-0.15, -0.1) is 11.3 Å². The molecule has 2 heterocycles. The van der Waals surface area contributed by atoms with Gasteiger partial charge >= 0.3 is 0 Å². The first-order chi connectivity index (χ1) is 16.6. The van der Waals surface area contributed by atoms with Crippen molar-refractivity contribution in [2.45, 2.75) is 45.7 Å². The van der Waals surface area contributed by atoms with Crippen molar-refractivity contribution in [1.29, 1.82) is 0 Å². The van der Waals surface area contributed by atoms with Gasteiger partial charge in [0.15, 0.2) is 0 Å². The van der Waals surface area contributed by atoms with Gasteiger partial charge in [0.05, 0.1) is 11.6 Å². The van der Waals surface area contributed by atoms with Crippen molar-refractivity contribution in [2.75, 3.05) is 19.7 Å². The molecule has 1 aliphatic heterocycles. The standard InChI is InChI=1S/C28H31FN2O3S/c1-19-9-11-20(12-10-19)34-18-24-22-14-16-35-25(22)13-15-30(24)26(32)17-31(28(2,3)4)27(33)21-7-5-6-8-23(21)29/h5-12,14,16,24H,13,15,17-18H2,1-4H3/t24-/m1/s1. The molecule has 5 nitrogen and oxygen atoms in total. The maximum atomic E-state index is 14.4. The smallest absolute Gasteiger partial charge is 0.257 e. The maximum Gasteiger partial charge on any atom is 0.257 e. The van der Waals surface area contributed by atoms with E-state index in [2.05, 4.69) is 6.07 Å². The summed E-state index contributed by atoms with van der Waals surface area (Å²) in [7, 11) is 0. The predicted molar refractivity (Wildman–Crippen MR) is 136 cm³/mol. The van der Waals surface area contributed by atoms with E-state index in [9.17, 15) is 14.0 Å². The summed E-state index contributed by atoms with van der Waals surface area (Å²) in [4.78, 5) is 31.5. The SMILES string of the molecule is Cc1ccc(OC[C@@H]2c3ccsc3CCN2C(=O)CN(C(=O)c2ccccc2F)C(C)(C)C)cc1. The second kappa shape index (κ2) is 10.2. The third-order valence-corrected chi connectivity index (χ3v) is 7.29. The number of carbonyl (C=O) groups is 2. The van der Waals surface area contributed by atoms with Gasteiger partial charge in [-0.25, -0.2) is 4.39 Å². The third-order valence-electron chi connectivity index (χ3n) is 6.30. The van der Waals surface area contributed by atoms with Gasteiger partial charge in [-0.1, -0.05) is 29.8 Å². The minimum absolute atomic E-state index is 0.0340. The minimum Gasteiger partial charge on any atom is -0.491 e. The highest BCUT2D eigenvalue weighted by Crippen LogP contribution is 2.34. The molecule has 1 aromatic heterocycles. The lowest BCUT2D eigenvalue weighted by atomic mass is 9.99. The molecule has 1 atom stereocenters. The summed E-state index contributed by atoms with van der Waals surface area (Å²) in [5.41, 5.74) is 1.53. The van der Waals surface area contributed by atoms with Gasteiger partial charge in [0.1, 0.15) is 24.7 Å². The number of aryl methyl sites for hydroxylation is 1. The van der Waals surface area contributed by atoms with E-state index in [1.54, 1.807) is 28.4 Å². The Morgan fingerprint density at radius 2 is 1.83 bits per heavy atom. The molecule has 0 unspecified atom stereocenters. The second-order valence-electron chi connectivity index (χ2n) is 9.82. The van der Waals surface area contributed by atoms with Crippen LogP contribution in [0.2, 0.25) is 0 Å². The van der Waals surface area contributed by atoms with Crippen LogP contribution in [0.5, 0.6) is 5.75 Å². The van der Waals surface area contributed by atoms with Crippen molar-refractivity contribution in [2.24, 2.45) is 0 Å². The van der Waals surface area contributed by atoms with Crippen LogP contribution in [-0.4, -0.2) is 46.8 Å². The van der Waals surface area contributed by atoms with Crippen molar-refractivity contribution < 1.29 is 18.7 Å². The topological polar surface area (TPSA) is 49.9 Å². The lowest BCUT2D eigenvalue weighted by molar-refractivity contribution is -0.136. The van der Waals surface area contributed by atoms with Crippen LogP contribution in [0.1, 0.15) is 53.2 Å². The Balaban J connectivity index is 1.57. The molecule has 0 radical (unpaired) electrons. The average molecular weight is 495 g/mol. The number of fused-ring (bicyclic) bond motifs is 1. The number of nitrogens with zero attached hydrogens (tertiary/aromatic N) is 2. The van der Waals surface area contributed by atoms with E-state index in [1.165, 1.54) is 21.9 Å². The largest absolute Gasteiger partial charge is 0.491 e. The van der Waals surface area contributed by atoms with E-state index in [-0.39, 0.29) is 24.1 Å². The predicted octanol–water partition coefficient (Wildman–Crippen LogP) is 5.64. The molecule has 0 saturated carbocycles. The second-order valence-corrected chi connectivity index (χ2v) is 10.8. The molecule has 0 saturated heterocycles. The molecule has 1 aliphatic rings. The zero-order chi connectivity index (χ0) is 25.2. The number of hydrogen-bond acceptors (Lipinski definition) is 4. The molecule has 35 heavy (non-hydrogen) atoms. The first-order valence-electron chi connectivity index (χ1n) is 11.8. The summed E-state index contributed by atoms with van der Waals surface area (Å²) in [5, 5.41) is 2.04. The maximum absolute atomic E-state index is 14.4. The number of halogens is 1. The van der Waals surface area contributed by atoms with Crippen LogP contribution in [0.3, 0.4) is 0 Å². The molecule has 0 aliphatic carbocycles. The van der Waals surface area contributed by atoms with Crippen LogP contribution in [-0.2, 0) is 11.2 Å². The van der Waals surface area contributed by atoms with Gasteiger partial charge in [0.2, 0.25) is 5.91 Å². The van der Waals surface area contributed by atoms with Gasteiger partial charge in [-0.05, 0) is 75.4 Å². The van der Waals surface area contributed by atoms with Crippen LogP contribution < -0.4 is 4.74 Å². The third kappa shape index (κ3) is 5.56. The molecule has 0 N–H and O–H groups in total. The number of carbonyl (C=O) groups excluding carboxylic acids is 2. The lowest BCUT2D eigenvalue weighted by Crippen LogP contribution is -2.53. The first kappa shape index (κ1) is 24.9. The molecule has 4 rings (SSSR count). The minimum atomic E-state index is -0.674. The number of ether oxygens (including phenoxy) is 1. The zero-order valence-electron chi connectivity index (χ0n) is 20.6. The van der Waals surface area contributed by atoms with Crippen molar-refractivity contribution in [3.63, 3.8) is 0 Å². The average Bonchev–Trinajstić information content (AvgIpc) is 3.30. The van der Waals surface area contributed by atoms with Crippen LogP contribution in [0, 0.1) is 12.7 Å². The summed E-state index contributed by atoms with van der Waals surface area (Å²) in [6.45, 7) is 8.29. The highest BCUT2D eigenvalue weighted by Gasteiger charge is 2.36. The summed E-state index contributed by atoms with van der Waals surface area (Å²) in [6.07, 6.45) is 0.760. The summed E-state index contributed by atoms with van der Waals surface area (Å²) in [6, 6.07) is 15.5. The normalized spacial score (nSPS) is 15.5. The molecule has 0 fully saturated rings. The fraction of sp³-hybridized carbons (Fsp3) is 0.357. The Labute approximate surface area is 210 Å². The van der Waals surface area contributed by atoms with Crippen LogP contribution in [0.4, 0.5) is 4.39 Å². The Kier molecular flexibility index (Phi) is 7.26. The number of amides is 2. The Hall–Kier alpha value is -3.19. The van der Waals surface area contributed by atoms with Gasteiger partial charge in [-0.2, -0.15) is 0 Å². The van der Waals surface area contributed by atoms with Crippen molar-refractivity contribution >= 4 is 23.2 Å². The fourth-order valence-corrected chi connectivity index (χ4v) is 5.23. The van der Waals surface area contributed by atoms with Crippen LogP contribution >= 0.6 is 11.3 Å². The van der Waals surface area contributed by atoms with E-state index in [4.69, 9.17) is 4.74 Å². The van der Waals surface area contributed by atoms with E-state index in [0.29, 0.717) is 13.2 Å². The lowest BCUT2D eigenvalue weighted by Gasteiger charge is -2.40. The monoisotopic (exact) mass is 494 g/mol. The molecule has 3 aromatic rings. The van der Waals surface area contributed by atoms with Gasteiger partial charge in [-0.3, -0.25) is 9.59 Å². The zero-order valence-corrected chi connectivity index (χ0v) is 21.4. The number of hydrogen-bond donors (Lipinski definition) is 0. The van der Waals surface area contributed by atoms with Crippen molar-refractivity contribution in [3.05, 3.63) is 87.4 Å². The Morgan fingerprint density at radius 3 is 2.51 bits per heavy atom. The van der Waals surface area contributed by atoms with E-state index in [1.807, 2.05) is 57.3 Å². The highest BCUT2D eigenvalue weighted by atomic mass is 32.1. The fourth-order valence-electron chi connectivity index (χ4n) is 4.30. The molecule has 7 heteroatoms. The van der Waals surface area contributed by atoms with Crippen LogP contribution in [0.15, 0.2) is 60.0 Å². The molecule has 0 bridgehead atoms. The van der Waals surface area contributed by atoms with Crippen molar-refractivity contribution in [3.8, 4) is 5.75 Å². The number of benzene rings is 2. The summed E-state index contributed by atoms with van der Waals surface area (Å²) in [5.74, 6) is -0.524. The van der Waals surface area contributed by atoms with E-state index in [0.717, 1.165) is 23.3 Å². The summed E-state index contributed by atoms with van der Waals surface area (Å²) >= 11 is 1.69. The molecular formula is C28H31FN2O3S. The summed E-state index contributed by atoms with van der Waals surface area (Å²) < 4.78 is 20.5. The van der Waals surface area contributed by atoms with Gasteiger partial charge in [0.25, 0.3) is 5.91 Å². The van der Waals surface area contributed by atoms with Gasteiger partial charge in [0, 0.05) is 17.0 Å². The van der Waals surface area contributed by atoms with E-state index >= 15 is 0 Å². The van der Waals surface area contributed by atoms with Crippen molar-refractivity contribution in [1.82, 2.24) is 9.80 Å².